The SMILES string of the molecule is N#CSc1cccnc1Cl. The first kappa shape index (κ1) is 7.39. The molecule has 0 amide bonds. The molecular formula is C6H3ClN2S. The van der Waals surface area contributed by atoms with Crippen LogP contribution in [0.2, 0.25) is 5.15 Å². The van der Waals surface area contributed by atoms with Gasteiger partial charge >= 0.3 is 0 Å². The third-order valence-corrected chi connectivity index (χ3v) is 1.93. The number of nitrogens with zero attached hydrogens (tertiary/aromatic N) is 2. The van der Waals surface area contributed by atoms with Crippen molar-refractivity contribution in [2.45, 2.75) is 4.90 Å². The second kappa shape index (κ2) is 3.45. The Morgan fingerprint density at radius 1 is 1.70 bits per heavy atom. The summed E-state index contributed by atoms with van der Waals surface area (Å²) in [5, 5.41) is 10.6. The van der Waals surface area contributed by atoms with Crippen LogP contribution < -0.4 is 0 Å². The molecule has 10 heavy (non-hydrogen) atoms. The summed E-state index contributed by atoms with van der Waals surface area (Å²) in [6, 6.07) is 3.49. The van der Waals surface area contributed by atoms with Gasteiger partial charge < -0.3 is 0 Å². The summed E-state index contributed by atoms with van der Waals surface area (Å²) in [6.07, 6.45) is 1.59. The van der Waals surface area contributed by atoms with Gasteiger partial charge in [0.05, 0.1) is 4.90 Å². The first-order chi connectivity index (χ1) is 4.84. The fraction of sp³-hybridized carbons (Fsp3) is 0. The monoisotopic (exact) mass is 170 g/mol. The lowest BCUT2D eigenvalue weighted by molar-refractivity contribution is 1.24. The van der Waals surface area contributed by atoms with Crippen LogP contribution in [0.15, 0.2) is 23.2 Å². The molecule has 50 valence electrons. The third-order valence-electron chi connectivity index (χ3n) is 0.880. The third kappa shape index (κ3) is 1.63. The molecule has 0 bridgehead atoms. The minimum Gasteiger partial charge on any atom is -0.243 e. The minimum atomic E-state index is 0.383. The normalized spacial score (nSPS) is 8.80. The predicted octanol–water partition coefficient (Wildman–Crippen LogP) is 2.31. The number of rotatable bonds is 1. The lowest BCUT2D eigenvalue weighted by Crippen LogP contribution is -1.75. The lowest BCUT2D eigenvalue weighted by Gasteiger charge is -1.92. The topological polar surface area (TPSA) is 36.7 Å². The molecule has 0 aliphatic carbocycles. The van der Waals surface area contributed by atoms with Gasteiger partial charge in [-0.05, 0) is 23.9 Å². The zero-order valence-corrected chi connectivity index (χ0v) is 6.49. The van der Waals surface area contributed by atoms with Crippen molar-refractivity contribution >= 4 is 23.4 Å². The highest BCUT2D eigenvalue weighted by Crippen LogP contribution is 2.22. The van der Waals surface area contributed by atoms with E-state index in [0.29, 0.717) is 10.0 Å². The Kier molecular flexibility index (Phi) is 2.55. The van der Waals surface area contributed by atoms with Crippen molar-refractivity contribution in [1.82, 2.24) is 4.98 Å². The van der Waals surface area contributed by atoms with Crippen LogP contribution in [0.1, 0.15) is 0 Å². The number of hydrogen-bond acceptors (Lipinski definition) is 3. The van der Waals surface area contributed by atoms with Gasteiger partial charge in [0.2, 0.25) is 0 Å². The fourth-order valence-electron chi connectivity index (χ4n) is 0.497. The van der Waals surface area contributed by atoms with Gasteiger partial charge in [0.15, 0.2) is 0 Å². The molecule has 2 nitrogen and oxygen atoms in total. The van der Waals surface area contributed by atoms with Gasteiger partial charge in [0, 0.05) is 6.20 Å². The second-order valence-electron chi connectivity index (χ2n) is 1.49. The van der Waals surface area contributed by atoms with Crippen LogP contribution in [0.25, 0.3) is 0 Å². The van der Waals surface area contributed by atoms with Gasteiger partial charge in [-0.15, -0.1) is 0 Å². The van der Waals surface area contributed by atoms with Crippen LogP contribution in [0.4, 0.5) is 0 Å². The van der Waals surface area contributed by atoms with E-state index >= 15 is 0 Å². The van der Waals surface area contributed by atoms with Gasteiger partial charge in [-0.2, -0.15) is 5.26 Å². The molecule has 0 aromatic carbocycles. The second-order valence-corrected chi connectivity index (χ2v) is 2.67. The molecule has 1 heterocycles. The van der Waals surface area contributed by atoms with E-state index in [1.54, 1.807) is 18.3 Å². The molecule has 0 fully saturated rings. The number of thioether (sulfide) groups is 1. The summed E-state index contributed by atoms with van der Waals surface area (Å²) in [6.45, 7) is 0. The van der Waals surface area contributed by atoms with Crippen LogP contribution in [0.3, 0.4) is 0 Å². The van der Waals surface area contributed by atoms with Gasteiger partial charge in [-0.3, -0.25) is 0 Å². The Balaban J connectivity index is 2.94. The highest BCUT2D eigenvalue weighted by molar-refractivity contribution is 8.03. The van der Waals surface area contributed by atoms with Crippen LogP contribution in [-0.2, 0) is 0 Å². The maximum atomic E-state index is 8.27. The van der Waals surface area contributed by atoms with E-state index in [9.17, 15) is 0 Å². The van der Waals surface area contributed by atoms with Gasteiger partial charge in [0.25, 0.3) is 0 Å². The largest absolute Gasteiger partial charge is 0.243 e. The molecule has 0 spiro atoms. The van der Waals surface area contributed by atoms with Crippen molar-refractivity contribution in [3.05, 3.63) is 23.5 Å². The zero-order chi connectivity index (χ0) is 7.40. The highest BCUT2D eigenvalue weighted by atomic mass is 35.5. The molecule has 4 heteroatoms. The molecule has 1 rings (SSSR count). The van der Waals surface area contributed by atoms with E-state index in [4.69, 9.17) is 16.9 Å². The molecule has 0 aliphatic heterocycles. The number of pyridine rings is 1. The molecule has 0 aliphatic rings. The first-order valence-corrected chi connectivity index (χ1v) is 3.70. The summed E-state index contributed by atoms with van der Waals surface area (Å²) in [7, 11) is 0. The smallest absolute Gasteiger partial charge is 0.143 e. The average molecular weight is 171 g/mol. The maximum absolute atomic E-state index is 8.27. The summed E-state index contributed by atoms with van der Waals surface area (Å²) in [4.78, 5) is 4.49. The molecule has 0 unspecified atom stereocenters. The number of halogens is 1. The van der Waals surface area contributed by atoms with E-state index < -0.39 is 0 Å². The molecule has 0 atom stereocenters. The average Bonchev–Trinajstić information content (AvgIpc) is 1.94. The van der Waals surface area contributed by atoms with Crippen LogP contribution in [-0.4, -0.2) is 4.98 Å². The standard InChI is InChI=1S/C6H3ClN2S/c7-6-5(10-4-8)2-1-3-9-6/h1-3H. The lowest BCUT2D eigenvalue weighted by atomic mass is 10.5. The quantitative estimate of drug-likeness (QED) is 0.369. The molecule has 0 saturated carbocycles. The van der Waals surface area contributed by atoms with E-state index in [0.717, 1.165) is 11.8 Å². The van der Waals surface area contributed by atoms with Crippen molar-refractivity contribution in [2.75, 3.05) is 0 Å². The van der Waals surface area contributed by atoms with Crippen molar-refractivity contribution in [1.29, 1.82) is 5.26 Å². The van der Waals surface area contributed by atoms with Crippen molar-refractivity contribution in [3.63, 3.8) is 0 Å². The molecule has 1 aromatic heterocycles. The molecular weight excluding hydrogens is 168 g/mol. The van der Waals surface area contributed by atoms with Crippen molar-refractivity contribution < 1.29 is 0 Å². The summed E-state index contributed by atoms with van der Waals surface area (Å²) in [5.74, 6) is 0. The Morgan fingerprint density at radius 2 is 2.50 bits per heavy atom. The van der Waals surface area contributed by atoms with E-state index in [-0.39, 0.29) is 0 Å². The van der Waals surface area contributed by atoms with Gasteiger partial charge in [0.1, 0.15) is 10.6 Å². The van der Waals surface area contributed by atoms with Gasteiger partial charge in [-0.1, -0.05) is 11.6 Å². The Morgan fingerprint density at radius 3 is 3.10 bits per heavy atom. The van der Waals surface area contributed by atoms with E-state index in [1.165, 1.54) is 0 Å². The molecule has 0 N–H and O–H groups in total. The number of thiocyanates is 1. The number of nitriles is 1. The Labute approximate surface area is 67.8 Å². The van der Waals surface area contributed by atoms with Crippen molar-refractivity contribution in [2.24, 2.45) is 0 Å². The Bertz CT molecular complexity index is 269. The minimum absolute atomic E-state index is 0.383. The first-order valence-electron chi connectivity index (χ1n) is 2.51. The zero-order valence-electron chi connectivity index (χ0n) is 4.91. The summed E-state index contributed by atoms with van der Waals surface area (Å²) < 4.78 is 0. The van der Waals surface area contributed by atoms with Crippen LogP contribution in [0.5, 0.6) is 0 Å². The van der Waals surface area contributed by atoms with Crippen LogP contribution >= 0.6 is 23.4 Å². The highest BCUT2D eigenvalue weighted by Gasteiger charge is 1.97. The number of aromatic nitrogens is 1. The fourth-order valence-corrected chi connectivity index (χ4v) is 1.11. The molecule has 0 saturated heterocycles. The number of hydrogen-bond donors (Lipinski definition) is 0. The van der Waals surface area contributed by atoms with E-state index in [2.05, 4.69) is 4.98 Å². The van der Waals surface area contributed by atoms with Crippen molar-refractivity contribution in [3.8, 4) is 5.40 Å². The Hall–Kier alpha value is -0.720. The van der Waals surface area contributed by atoms with Gasteiger partial charge in [-0.25, -0.2) is 4.98 Å². The van der Waals surface area contributed by atoms with E-state index in [1.807, 2.05) is 5.40 Å². The summed E-state index contributed by atoms with van der Waals surface area (Å²) in [5.41, 5.74) is 0. The maximum Gasteiger partial charge on any atom is 0.143 e. The predicted molar refractivity (Wildman–Crippen MR) is 40.7 cm³/mol. The molecule has 1 aromatic rings. The van der Waals surface area contributed by atoms with Crippen LogP contribution in [0, 0.1) is 10.7 Å². The molecule has 0 radical (unpaired) electrons. The summed E-state index contributed by atoms with van der Waals surface area (Å²) >= 11 is 6.63.